The summed E-state index contributed by atoms with van der Waals surface area (Å²) in [6.45, 7) is 3.79. The fourth-order valence-corrected chi connectivity index (χ4v) is 3.76. The second-order valence-corrected chi connectivity index (χ2v) is 7.42. The van der Waals surface area contributed by atoms with Gasteiger partial charge in [-0.25, -0.2) is 0 Å². The van der Waals surface area contributed by atoms with Crippen LogP contribution in [0.15, 0.2) is 42.5 Å². The van der Waals surface area contributed by atoms with Gasteiger partial charge in [0.25, 0.3) is 5.91 Å². The molecule has 166 valence electrons. The number of hydrogen-bond acceptors (Lipinski definition) is 5. The zero-order valence-corrected chi connectivity index (χ0v) is 18.3. The molecule has 0 aromatic heterocycles. The van der Waals surface area contributed by atoms with Crippen molar-refractivity contribution in [2.24, 2.45) is 0 Å². The number of nitrogens with zero attached hydrogens (tertiary/aromatic N) is 1. The number of amides is 2. The van der Waals surface area contributed by atoms with Crippen molar-refractivity contribution in [3.63, 3.8) is 0 Å². The van der Waals surface area contributed by atoms with E-state index in [-0.39, 0.29) is 17.9 Å². The van der Waals surface area contributed by atoms with Crippen molar-refractivity contribution < 1.29 is 23.8 Å². The van der Waals surface area contributed by atoms with Crippen molar-refractivity contribution >= 4 is 11.8 Å². The Morgan fingerprint density at radius 2 is 1.61 bits per heavy atom. The lowest BCUT2D eigenvalue weighted by Gasteiger charge is -2.32. The van der Waals surface area contributed by atoms with Crippen molar-refractivity contribution in [1.82, 2.24) is 10.2 Å². The lowest BCUT2D eigenvalue weighted by Crippen LogP contribution is -2.47. The Bertz CT molecular complexity index is 867. The van der Waals surface area contributed by atoms with Gasteiger partial charge in [0.1, 0.15) is 22.8 Å². The fourth-order valence-electron chi connectivity index (χ4n) is 3.76. The van der Waals surface area contributed by atoms with Crippen LogP contribution in [0, 0.1) is 0 Å². The molecule has 1 N–H and O–H groups in total. The average Bonchev–Trinajstić information content (AvgIpc) is 2.80. The average molecular weight is 427 g/mol. The highest BCUT2D eigenvalue weighted by Crippen LogP contribution is 2.28. The first kappa shape index (κ1) is 22.5. The molecule has 1 aliphatic heterocycles. The van der Waals surface area contributed by atoms with Crippen molar-refractivity contribution in [3.05, 3.63) is 53.6 Å². The molecule has 0 spiro atoms. The van der Waals surface area contributed by atoms with Gasteiger partial charge in [-0.15, -0.1) is 0 Å². The highest BCUT2D eigenvalue weighted by Gasteiger charge is 2.26. The van der Waals surface area contributed by atoms with Crippen LogP contribution in [0.25, 0.3) is 0 Å². The Hall–Kier alpha value is -3.22. The van der Waals surface area contributed by atoms with Crippen LogP contribution in [-0.4, -0.2) is 56.7 Å². The monoisotopic (exact) mass is 426 g/mol. The summed E-state index contributed by atoms with van der Waals surface area (Å²) in [5.74, 6) is 1.62. The van der Waals surface area contributed by atoms with E-state index in [1.54, 1.807) is 18.2 Å². The van der Waals surface area contributed by atoms with Crippen LogP contribution in [0.3, 0.4) is 0 Å². The third-order valence-corrected chi connectivity index (χ3v) is 5.43. The van der Waals surface area contributed by atoms with Gasteiger partial charge in [-0.1, -0.05) is 18.2 Å². The van der Waals surface area contributed by atoms with Gasteiger partial charge in [0.05, 0.1) is 27.2 Å². The first-order valence-corrected chi connectivity index (χ1v) is 10.6. The van der Waals surface area contributed by atoms with Crippen LogP contribution >= 0.6 is 0 Å². The highest BCUT2D eigenvalue weighted by molar-refractivity contribution is 5.99. The summed E-state index contributed by atoms with van der Waals surface area (Å²) in [7, 11) is 3.06. The van der Waals surface area contributed by atoms with Crippen molar-refractivity contribution in [3.8, 4) is 17.2 Å². The smallest absolute Gasteiger partial charge is 0.259 e. The van der Waals surface area contributed by atoms with E-state index in [0.29, 0.717) is 56.0 Å². The molecular formula is C24H30N2O5. The number of ether oxygens (including phenoxy) is 3. The Labute approximate surface area is 183 Å². The number of hydrogen-bond donors (Lipinski definition) is 1. The first-order chi connectivity index (χ1) is 15.0. The van der Waals surface area contributed by atoms with E-state index in [0.717, 1.165) is 11.3 Å². The van der Waals surface area contributed by atoms with Gasteiger partial charge in [-0.05, 0) is 49.6 Å². The van der Waals surface area contributed by atoms with Gasteiger partial charge in [-0.3, -0.25) is 9.59 Å². The number of piperidine rings is 1. The minimum atomic E-state index is -0.228. The second kappa shape index (κ2) is 10.7. The summed E-state index contributed by atoms with van der Waals surface area (Å²) in [4.78, 5) is 27.4. The van der Waals surface area contributed by atoms with Crippen LogP contribution in [0.4, 0.5) is 0 Å². The Morgan fingerprint density at radius 3 is 2.16 bits per heavy atom. The second-order valence-electron chi connectivity index (χ2n) is 7.42. The lowest BCUT2D eigenvalue weighted by atomic mass is 10.0. The third kappa shape index (κ3) is 5.69. The topological polar surface area (TPSA) is 77.1 Å². The third-order valence-electron chi connectivity index (χ3n) is 5.43. The van der Waals surface area contributed by atoms with Gasteiger partial charge < -0.3 is 24.4 Å². The molecule has 0 aliphatic carbocycles. The van der Waals surface area contributed by atoms with E-state index >= 15 is 0 Å². The van der Waals surface area contributed by atoms with Gasteiger partial charge in [0.15, 0.2) is 0 Å². The van der Waals surface area contributed by atoms with Crippen LogP contribution in [0.2, 0.25) is 0 Å². The zero-order chi connectivity index (χ0) is 22.2. The molecule has 1 fully saturated rings. The van der Waals surface area contributed by atoms with Gasteiger partial charge in [-0.2, -0.15) is 0 Å². The van der Waals surface area contributed by atoms with E-state index < -0.39 is 0 Å². The minimum absolute atomic E-state index is 0.00311. The van der Waals surface area contributed by atoms with E-state index in [4.69, 9.17) is 14.2 Å². The molecular weight excluding hydrogens is 396 g/mol. The largest absolute Gasteiger partial charge is 0.496 e. The molecule has 1 saturated heterocycles. The molecule has 1 aliphatic rings. The van der Waals surface area contributed by atoms with Gasteiger partial charge >= 0.3 is 0 Å². The standard InChI is InChI=1S/C24H30N2O5/c1-4-31-19-10-8-17(9-11-19)16-22(27)26-14-12-18(13-15-26)25-24(28)23-20(29-2)6-5-7-21(23)30-3/h5-11,18H,4,12-16H2,1-3H3,(H,25,28). The number of carbonyl (C=O) groups excluding carboxylic acids is 2. The molecule has 2 aromatic carbocycles. The van der Waals surface area contributed by atoms with E-state index in [9.17, 15) is 9.59 Å². The summed E-state index contributed by atoms with van der Waals surface area (Å²) in [6.07, 6.45) is 1.78. The SMILES string of the molecule is CCOc1ccc(CC(=O)N2CCC(NC(=O)c3c(OC)cccc3OC)CC2)cc1. The van der Waals surface area contributed by atoms with Crippen LogP contribution in [0.1, 0.15) is 35.7 Å². The van der Waals surface area contributed by atoms with Crippen molar-refractivity contribution in [2.45, 2.75) is 32.2 Å². The molecule has 0 radical (unpaired) electrons. The quantitative estimate of drug-likeness (QED) is 0.702. The molecule has 31 heavy (non-hydrogen) atoms. The molecule has 2 aromatic rings. The first-order valence-electron chi connectivity index (χ1n) is 10.6. The zero-order valence-electron chi connectivity index (χ0n) is 18.3. The predicted molar refractivity (Wildman–Crippen MR) is 118 cm³/mol. The molecule has 0 unspecified atom stereocenters. The van der Waals surface area contributed by atoms with Crippen LogP contribution < -0.4 is 19.5 Å². The maximum absolute atomic E-state index is 12.8. The van der Waals surface area contributed by atoms with Crippen LogP contribution in [-0.2, 0) is 11.2 Å². The number of rotatable bonds is 8. The Balaban J connectivity index is 1.52. The Kier molecular flexibility index (Phi) is 7.76. The lowest BCUT2D eigenvalue weighted by molar-refractivity contribution is -0.131. The molecule has 3 rings (SSSR count). The molecule has 0 saturated carbocycles. The van der Waals surface area contributed by atoms with Crippen molar-refractivity contribution in [1.29, 1.82) is 0 Å². The highest BCUT2D eigenvalue weighted by atomic mass is 16.5. The summed E-state index contributed by atoms with van der Waals surface area (Å²) in [5, 5.41) is 3.06. The van der Waals surface area contributed by atoms with E-state index in [1.807, 2.05) is 36.1 Å². The summed E-state index contributed by atoms with van der Waals surface area (Å²) in [5.41, 5.74) is 1.36. The Morgan fingerprint density at radius 1 is 1.00 bits per heavy atom. The minimum Gasteiger partial charge on any atom is -0.496 e. The van der Waals surface area contributed by atoms with E-state index in [1.165, 1.54) is 14.2 Å². The molecule has 2 amide bonds. The van der Waals surface area contributed by atoms with Gasteiger partial charge in [0.2, 0.25) is 5.91 Å². The number of benzene rings is 2. The fraction of sp³-hybridized carbons (Fsp3) is 0.417. The normalized spacial score (nSPS) is 14.1. The summed E-state index contributed by atoms with van der Waals surface area (Å²) < 4.78 is 16.1. The van der Waals surface area contributed by atoms with E-state index in [2.05, 4.69) is 5.32 Å². The van der Waals surface area contributed by atoms with Crippen molar-refractivity contribution in [2.75, 3.05) is 33.9 Å². The maximum atomic E-state index is 12.8. The summed E-state index contributed by atoms with van der Waals surface area (Å²) >= 11 is 0. The maximum Gasteiger partial charge on any atom is 0.259 e. The molecule has 0 bridgehead atoms. The molecule has 0 atom stereocenters. The number of nitrogens with one attached hydrogen (secondary N) is 1. The number of methoxy groups -OCH3 is 2. The molecule has 1 heterocycles. The molecule has 7 heteroatoms. The van der Waals surface area contributed by atoms with Gasteiger partial charge in [0, 0.05) is 19.1 Å². The van der Waals surface area contributed by atoms with Crippen LogP contribution in [0.5, 0.6) is 17.2 Å². The summed E-state index contributed by atoms with van der Waals surface area (Å²) in [6, 6.07) is 12.9. The molecule has 7 nitrogen and oxygen atoms in total. The number of carbonyl (C=O) groups is 2. The number of likely N-dealkylation sites (tertiary alicyclic amines) is 1. The predicted octanol–water partition coefficient (Wildman–Crippen LogP) is 3.07.